The molecule has 22 heavy (non-hydrogen) atoms. The van der Waals surface area contributed by atoms with Crippen LogP contribution in [0.15, 0.2) is 29.2 Å². The molecule has 2 unspecified atom stereocenters. The van der Waals surface area contributed by atoms with E-state index in [0.717, 1.165) is 25.9 Å². The van der Waals surface area contributed by atoms with Gasteiger partial charge in [0.1, 0.15) is 0 Å². The number of rotatable bonds is 3. The number of sulfonamides is 1. The highest BCUT2D eigenvalue weighted by atomic mass is 32.2. The van der Waals surface area contributed by atoms with Gasteiger partial charge in [-0.15, -0.1) is 0 Å². The fourth-order valence-corrected chi connectivity index (χ4v) is 5.15. The monoisotopic (exact) mass is 323 g/mol. The third kappa shape index (κ3) is 2.64. The molecule has 0 spiro atoms. The molecule has 3 rings (SSSR count). The number of primary amides is 1. The zero-order valence-electron chi connectivity index (χ0n) is 12.6. The minimum Gasteiger partial charge on any atom is -0.366 e. The first-order chi connectivity index (χ1) is 10.4. The van der Waals surface area contributed by atoms with Gasteiger partial charge in [-0.25, -0.2) is 8.42 Å². The standard InChI is InChI=1S/C15H21N3O3S/c1-11-9-17-7-3-5-13(17)10-18(11)22(20,21)14-6-2-4-12(8-14)15(16)19/h2,4,6,8,11,13H,3,5,7,9-10H2,1H3,(H2,16,19). The number of hydrogen-bond acceptors (Lipinski definition) is 4. The summed E-state index contributed by atoms with van der Waals surface area (Å²) in [6, 6.07) is 6.21. The van der Waals surface area contributed by atoms with Crippen LogP contribution < -0.4 is 5.73 Å². The third-order valence-electron chi connectivity index (χ3n) is 4.61. The first-order valence-corrected chi connectivity index (χ1v) is 8.99. The van der Waals surface area contributed by atoms with Crippen LogP contribution in [0, 0.1) is 0 Å². The highest BCUT2D eigenvalue weighted by Crippen LogP contribution is 2.29. The summed E-state index contributed by atoms with van der Waals surface area (Å²) in [4.78, 5) is 13.8. The van der Waals surface area contributed by atoms with E-state index in [1.54, 1.807) is 10.4 Å². The summed E-state index contributed by atoms with van der Waals surface area (Å²) in [6.07, 6.45) is 2.17. The third-order valence-corrected chi connectivity index (χ3v) is 6.58. The summed E-state index contributed by atoms with van der Waals surface area (Å²) in [7, 11) is -3.61. The molecule has 2 aliphatic rings. The van der Waals surface area contributed by atoms with Gasteiger partial charge in [0.25, 0.3) is 0 Å². The van der Waals surface area contributed by atoms with Crippen molar-refractivity contribution in [2.24, 2.45) is 5.73 Å². The molecule has 0 saturated carbocycles. The van der Waals surface area contributed by atoms with Crippen LogP contribution in [0.3, 0.4) is 0 Å². The van der Waals surface area contributed by atoms with Crippen molar-refractivity contribution in [1.82, 2.24) is 9.21 Å². The number of nitrogens with zero attached hydrogens (tertiary/aromatic N) is 2. The first-order valence-electron chi connectivity index (χ1n) is 7.55. The van der Waals surface area contributed by atoms with Crippen LogP contribution in [0.25, 0.3) is 0 Å². The Labute approximate surface area is 130 Å². The number of carbonyl (C=O) groups is 1. The number of amides is 1. The summed E-state index contributed by atoms with van der Waals surface area (Å²) in [6.45, 7) is 4.27. The van der Waals surface area contributed by atoms with E-state index in [4.69, 9.17) is 5.73 Å². The van der Waals surface area contributed by atoms with Crippen molar-refractivity contribution < 1.29 is 13.2 Å². The molecule has 0 bridgehead atoms. The summed E-state index contributed by atoms with van der Waals surface area (Å²) in [5, 5.41) is 0. The lowest BCUT2D eigenvalue weighted by molar-refractivity contribution is 0.1000. The Hall–Kier alpha value is -1.44. The molecule has 7 heteroatoms. The van der Waals surface area contributed by atoms with Crippen LogP contribution >= 0.6 is 0 Å². The van der Waals surface area contributed by atoms with Gasteiger partial charge in [0.15, 0.2) is 0 Å². The Kier molecular flexibility index (Phi) is 3.96. The van der Waals surface area contributed by atoms with Gasteiger partial charge in [0.05, 0.1) is 4.90 Å². The fraction of sp³-hybridized carbons (Fsp3) is 0.533. The summed E-state index contributed by atoms with van der Waals surface area (Å²) in [5.74, 6) is -0.620. The minimum atomic E-state index is -3.61. The Morgan fingerprint density at radius 1 is 1.32 bits per heavy atom. The molecule has 0 aromatic heterocycles. The molecule has 6 nitrogen and oxygen atoms in total. The number of benzene rings is 1. The van der Waals surface area contributed by atoms with Gasteiger partial charge in [0, 0.05) is 30.7 Å². The number of carbonyl (C=O) groups excluding carboxylic acids is 1. The van der Waals surface area contributed by atoms with Crippen LogP contribution in [-0.4, -0.2) is 55.2 Å². The van der Waals surface area contributed by atoms with Crippen molar-refractivity contribution in [3.05, 3.63) is 29.8 Å². The zero-order valence-corrected chi connectivity index (χ0v) is 13.4. The fourth-order valence-electron chi connectivity index (χ4n) is 3.44. The lowest BCUT2D eigenvalue weighted by atomic mass is 10.1. The lowest BCUT2D eigenvalue weighted by Crippen LogP contribution is -2.56. The van der Waals surface area contributed by atoms with Crippen LogP contribution in [0.2, 0.25) is 0 Å². The second-order valence-electron chi connectivity index (χ2n) is 6.11. The normalized spacial score (nSPS) is 26.8. The SMILES string of the molecule is CC1CN2CCCC2CN1S(=O)(=O)c1cccc(C(N)=O)c1. The van der Waals surface area contributed by atoms with Gasteiger partial charge in [-0.3, -0.25) is 9.69 Å². The molecular formula is C15H21N3O3S. The Morgan fingerprint density at radius 2 is 2.09 bits per heavy atom. The Bertz CT molecular complexity index is 689. The van der Waals surface area contributed by atoms with Crippen molar-refractivity contribution in [1.29, 1.82) is 0 Å². The van der Waals surface area contributed by atoms with Gasteiger partial charge < -0.3 is 5.73 Å². The predicted octanol–water partition coefficient (Wildman–Crippen LogP) is 0.643. The maximum absolute atomic E-state index is 12.9. The van der Waals surface area contributed by atoms with E-state index < -0.39 is 15.9 Å². The largest absolute Gasteiger partial charge is 0.366 e. The van der Waals surface area contributed by atoms with Gasteiger partial charge in [0.2, 0.25) is 15.9 Å². The number of nitrogens with two attached hydrogens (primary N) is 1. The van der Waals surface area contributed by atoms with Gasteiger partial charge in [-0.1, -0.05) is 6.07 Å². The van der Waals surface area contributed by atoms with Crippen LogP contribution in [0.1, 0.15) is 30.1 Å². The second-order valence-corrected chi connectivity index (χ2v) is 8.00. The number of fused-ring (bicyclic) bond motifs is 1. The average molecular weight is 323 g/mol. The lowest BCUT2D eigenvalue weighted by Gasteiger charge is -2.41. The first kappa shape index (κ1) is 15.5. The van der Waals surface area contributed by atoms with E-state index in [1.807, 2.05) is 6.92 Å². The molecular weight excluding hydrogens is 302 g/mol. The van der Waals surface area contributed by atoms with Crippen molar-refractivity contribution in [2.75, 3.05) is 19.6 Å². The Morgan fingerprint density at radius 3 is 2.82 bits per heavy atom. The average Bonchev–Trinajstić information content (AvgIpc) is 2.93. The van der Waals surface area contributed by atoms with E-state index in [0.29, 0.717) is 12.6 Å². The highest BCUT2D eigenvalue weighted by molar-refractivity contribution is 7.89. The van der Waals surface area contributed by atoms with E-state index in [2.05, 4.69) is 4.90 Å². The van der Waals surface area contributed by atoms with Crippen LogP contribution in [0.5, 0.6) is 0 Å². The van der Waals surface area contributed by atoms with Gasteiger partial charge in [-0.05, 0) is 44.5 Å². The smallest absolute Gasteiger partial charge is 0.248 e. The highest BCUT2D eigenvalue weighted by Gasteiger charge is 2.40. The van der Waals surface area contributed by atoms with Crippen molar-refractivity contribution in [3.8, 4) is 0 Å². The van der Waals surface area contributed by atoms with Crippen LogP contribution in [-0.2, 0) is 10.0 Å². The van der Waals surface area contributed by atoms with E-state index >= 15 is 0 Å². The summed E-state index contributed by atoms with van der Waals surface area (Å²) in [5.41, 5.74) is 5.46. The van der Waals surface area contributed by atoms with Crippen molar-refractivity contribution in [2.45, 2.75) is 36.7 Å². The van der Waals surface area contributed by atoms with E-state index in [9.17, 15) is 13.2 Å². The summed E-state index contributed by atoms with van der Waals surface area (Å²) >= 11 is 0. The molecule has 0 aliphatic carbocycles. The molecule has 1 aromatic carbocycles. The molecule has 1 aromatic rings. The number of hydrogen-bond donors (Lipinski definition) is 1. The number of piperazine rings is 1. The van der Waals surface area contributed by atoms with E-state index in [1.165, 1.54) is 18.2 Å². The molecule has 2 fully saturated rings. The molecule has 2 saturated heterocycles. The summed E-state index contributed by atoms with van der Waals surface area (Å²) < 4.78 is 27.4. The molecule has 1 amide bonds. The molecule has 0 radical (unpaired) electrons. The Balaban J connectivity index is 1.92. The van der Waals surface area contributed by atoms with E-state index in [-0.39, 0.29) is 16.5 Å². The maximum atomic E-state index is 12.9. The quantitative estimate of drug-likeness (QED) is 0.885. The topological polar surface area (TPSA) is 83.7 Å². The maximum Gasteiger partial charge on any atom is 0.248 e. The second kappa shape index (κ2) is 5.64. The minimum absolute atomic E-state index is 0.0726. The van der Waals surface area contributed by atoms with Crippen molar-refractivity contribution in [3.63, 3.8) is 0 Å². The van der Waals surface area contributed by atoms with Gasteiger partial charge in [-0.2, -0.15) is 4.31 Å². The van der Waals surface area contributed by atoms with Gasteiger partial charge >= 0.3 is 0 Å². The molecule has 2 atom stereocenters. The molecule has 2 aliphatic heterocycles. The molecule has 120 valence electrons. The zero-order chi connectivity index (χ0) is 15.9. The predicted molar refractivity (Wildman–Crippen MR) is 82.9 cm³/mol. The molecule has 2 N–H and O–H groups in total. The van der Waals surface area contributed by atoms with Crippen molar-refractivity contribution >= 4 is 15.9 Å². The van der Waals surface area contributed by atoms with Crippen LogP contribution in [0.4, 0.5) is 0 Å². The molecule has 2 heterocycles.